The van der Waals surface area contributed by atoms with E-state index < -0.39 is 0 Å². The van der Waals surface area contributed by atoms with Gasteiger partial charge in [-0.1, -0.05) is 40.9 Å². The van der Waals surface area contributed by atoms with Crippen molar-refractivity contribution in [2.24, 2.45) is 0 Å². The van der Waals surface area contributed by atoms with Crippen LogP contribution in [0, 0.1) is 4.77 Å². The van der Waals surface area contributed by atoms with Crippen molar-refractivity contribution >= 4 is 47.0 Å². The fraction of sp³-hybridized carbons (Fsp3) is 0.174. The van der Waals surface area contributed by atoms with Crippen LogP contribution in [0.4, 0.5) is 0 Å². The van der Waals surface area contributed by atoms with Gasteiger partial charge in [0.25, 0.3) is 0 Å². The Morgan fingerprint density at radius 2 is 1.74 bits per heavy atom. The number of nitrogens with one attached hydrogen (secondary N) is 2. The molecule has 0 aliphatic heterocycles. The second-order valence-corrected chi connectivity index (χ2v) is 8.74. The van der Waals surface area contributed by atoms with Crippen LogP contribution in [0.1, 0.15) is 18.1 Å². The Morgan fingerprint density at radius 3 is 2.47 bits per heavy atom. The first-order valence-electron chi connectivity index (χ1n) is 10.3. The normalized spacial score (nSPS) is 10.8. The summed E-state index contributed by atoms with van der Waals surface area (Å²) in [4.78, 5) is 4.04. The SMILES string of the molecule is CCOc1cc(CNn2c(-c3ccncc3)n[nH]c2=S)cc(Cl)c1OCc1ccc(Cl)c(Cl)c1. The Kier molecular flexibility index (Phi) is 7.95. The second kappa shape index (κ2) is 11.1. The highest BCUT2D eigenvalue weighted by atomic mass is 35.5. The lowest BCUT2D eigenvalue weighted by Gasteiger charge is -2.16. The summed E-state index contributed by atoms with van der Waals surface area (Å²) in [7, 11) is 0. The molecule has 0 atom stereocenters. The average molecular weight is 537 g/mol. The summed E-state index contributed by atoms with van der Waals surface area (Å²) < 4.78 is 13.9. The van der Waals surface area contributed by atoms with E-state index in [-0.39, 0.29) is 6.61 Å². The molecule has 0 bridgehead atoms. The highest BCUT2D eigenvalue weighted by molar-refractivity contribution is 7.71. The molecule has 0 saturated carbocycles. The Labute approximate surface area is 216 Å². The maximum atomic E-state index is 6.58. The smallest absolute Gasteiger partial charge is 0.214 e. The van der Waals surface area contributed by atoms with E-state index in [4.69, 9.17) is 56.5 Å². The summed E-state index contributed by atoms with van der Waals surface area (Å²) in [6, 6.07) is 12.7. The predicted octanol–water partition coefficient (Wildman–Crippen LogP) is 6.68. The Bertz CT molecular complexity index is 1340. The molecule has 0 unspecified atom stereocenters. The number of pyridine rings is 1. The van der Waals surface area contributed by atoms with E-state index in [9.17, 15) is 0 Å². The first-order valence-corrected chi connectivity index (χ1v) is 11.8. The van der Waals surface area contributed by atoms with Crippen LogP contribution in [0.2, 0.25) is 15.1 Å². The fourth-order valence-corrected chi connectivity index (χ4v) is 4.03. The molecular weight excluding hydrogens is 517 g/mol. The number of hydrogen-bond donors (Lipinski definition) is 2. The summed E-state index contributed by atoms with van der Waals surface area (Å²) >= 11 is 24.1. The van der Waals surface area contributed by atoms with Crippen LogP contribution in [0.5, 0.6) is 11.5 Å². The molecule has 0 spiro atoms. The summed E-state index contributed by atoms with van der Waals surface area (Å²) in [5, 5.41) is 8.49. The van der Waals surface area contributed by atoms with Crippen LogP contribution in [-0.4, -0.2) is 26.5 Å². The molecule has 2 heterocycles. The highest BCUT2D eigenvalue weighted by Gasteiger charge is 2.15. The maximum absolute atomic E-state index is 6.58. The molecule has 2 aromatic carbocycles. The third-order valence-corrected chi connectivity index (χ3v) is 6.08. The van der Waals surface area contributed by atoms with Crippen molar-refractivity contribution in [3.63, 3.8) is 0 Å². The molecule has 2 aromatic heterocycles. The molecule has 7 nitrogen and oxygen atoms in total. The number of hydrogen-bond acceptors (Lipinski definition) is 6. The molecule has 0 amide bonds. The molecule has 34 heavy (non-hydrogen) atoms. The van der Waals surface area contributed by atoms with Crippen LogP contribution in [-0.2, 0) is 13.2 Å². The lowest BCUT2D eigenvalue weighted by molar-refractivity contribution is 0.269. The minimum atomic E-state index is 0.258. The maximum Gasteiger partial charge on any atom is 0.214 e. The van der Waals surface area contributed by atoms with Gasteiger partial charge in [0, 0.05) is 18.0 Å². The number of benzene rings is 2. The highest BCUT2D eigenvalue weighted by Crippen LogP contribution is 2.37. The fourth-order valence-electron chi connectivity index (χ4n) is 3.22. The average Bonchev–Trinajstić information content (AvgIpc) is 3.20. The molecule has 11 heteroatoms. The van der Waals surface area contributed by atoms with Gasteiger partial charge in [-0.2, -0.15) is 5.10 Å². The Morgan fingerprint density at radius 1 is 0.971 bits per heavy atom. The van der Waals surface area contributed by atoms with E-state index in [2.05, 4.69) is 20.6 Å². The van der Waals surface area contributed by atoms with E-state index in [1.807, 2.05) is 37.3 Å². The summed E-state index contributed by atoms with van der Waals surface area (Å²) in [5.41, 5.74) is 5.88. The quantitative estimate of drug-likeness (QED) is 0.232. The van der Waals surface area contributed by atoms with Gasteiger partial charge in [-0.05, 0) is 66.7 Å². The first kappa shape index (κ1) is 24.3. The van der Waals surface area contributed by atoms with Crippen molar-refractivity contribution in [3.05, 3.63) is 85.8 Å². The van der Waals surface area contributed by atoms with E-state index in [0.717, 1.165) is 16.7 Å². The third-order valence-electron chi connectivity index (χ3n) is 4.79. The van der Waals surface area contributed by atoms with E-state index >= 15 is 0 Å². The Balaban J connectivity index is 1.53. The molecule has 176 valence electrons. The molecule has 4 rings (SSSR count). The largest absolute Gasteiger partial charge is 0.490 e. The topological polar surface area (TPSA) is 77.0 Å². The molecule has 0 radical (unpaired) electrons. The Hall–Kier alpha value is -2.78. The van der Waals surface area contributed by atoms with Crippen molar-refractivity contribution in [2.75, 3.05) is 12.0 Å². The number of ether oxygens (including phenoxy) is 2. The van der Waals surface area contributed by atoms with Gasteiger partial charge in [-0.3, -0.25) is 4.98 Å². The summed E-state index contributed by atoms with van der Waals surface area (Å²) in [6.45, 7) is 3.02. The van der Waals surface area contributed by atoms with Crippen molar-refractivity contribution in [1.29, 1.82) is 0 Å². The van der Waals surface area contributed by atoms with Gasteiger partial charge in [0.1, 0.15) is 6.61 Å². The van der Waals surface area contributed by atoms with Crippen LogP contribution in [0.15, 0.2) is 54.9 Å². The lowest BCUT2D eigenvalue weighted by atomic mass is 10.2. The van der Waals surface area contributed by atoms with Gasteiger partial charge in [-0.15, -0.1) is 0 Å². The van der Waals surface area contributed by atoms with E-state index in [0.29, 0.717) is 50.3 Å². The lowest BCUT2D eigenvalue weighted by Crippen LogP contribution is -2.16. The van der Waals surface area contributed by atoms with Crippen molar-refractivity contribution in [3.8, 4) is 22.9 Å². The van der Waals surface area contributed by atoms with Crippen molar-refractivity contribution in [2.45, 2.75) is 20.1 Å². The zero-order valence-corrected chi connectivity index (χ0v) is 21.1. The van der Waals surface area contributed by atoms with Gasteiger partial charge in [0.2, 0.25) is 4.77 Å². The van der Waals surface area contributed by atoms with Crippen LogP contribution in [0.3, 0.4) is 0 Å². The standard InChI is InChI=1S/C23H20Cl3N5O2S/c1-2-32-20-11-15(10-19(26)21(20)33-13-14-3-4-17(24)18(25)9-14)12-28-31-22(29-30-23(31)34)16-5-7-27-8-6-16/h3-11,28H,2,12-13H2,1H3,(H,30,34). The minimum absolute atomic E-state index is 0.258. The zero-order chi connectivity index (χ0) is 24.1. The van der Waals surface area contributed by atoms with Crippen LogP contribution in [0.25, 0.3) is 11.4 Å². The number of rotatable bonds is 9. The first-order chi connectivity index (χ1) is 16.5. The third kappa shape index (κ3) is 5.64. The summed E-state index contributed by atoms with van der Waals surface area (Å²) in [6.07, 6.45) is 3.39. The number of halogens is 3. The van der Waals surface area contributed by atoms with Gasteiger partial charge in [0.15, 0.2) is 17.3 Å². The zero-order valence-electron chi connectivity index (χ0n) is 18.0. The monoisotopic (exact) mass is 535 g/mol. The molecule has 0 aliphatic carbocycles. The molecule has 0 saturated heterocycles. The van der Waals surface area contributed by atoms with Crippen molar-refractivity contribution in [1.82, 2.24) is 19.9 Å². The van der Waals surface area contributed by atoms with Gasteiger partial charge in [0.05, 0.1) is 28.2 Å². The number of H-pyrrole nitrogens is 1. The number of aromatic amines is 1. The number of aromatic nitrogens is 4. The van der Waals surface area contributed by atoms with Crippen LogP contribution >= 0.6 is 47.0 Å². The van der Waals surface area contributed by atoms with Gasteiger partial charge < -0.3 is 14.9 Å². The summed E-state index contributed by atoms with van der Waals surface area (Å²) in [5.74, 6) is 1.64. The molecule has 0 aliphatic rings. The van der Waals surface area contributed by atoms with Gasteiger partial charge >= 0.3 is 0 Å². The van der Waals surface area contributed by atoms with Gasteiger partial charge in [-0.25, -0.2) is 9.77 Å². The molecule has 0 fully saturated rings. The van der Waals surface area contributed by atoms with Crippen molar-refractivity contribution < 1.29 is 9.47 Å². The number of nitrogens with zero attached hydrogens (tertiary/aromatic N) is 3. The second-order valence-electron chi connectivity index (χ2n) is 7.13. The molecule has 2 N–H and O–H groups in total. The molecule has 4 aromatic rings. The molecular formula is C23H20Cl3N5O2S. The van der Waals surface area contributed by atoms with E-state index in [1.165, 1.54) is 0 Å². The van der Waals surface area contributed by atoms with E-state index in [1.54, 1.807) is 29.2 Å². The van der Waals surface area contributed by atoms with Crippen LogP contribution < -0.4 is 14.9 Å². The predicted molar refractivity (Wildman–Crippen MR) is 137 cm³/mol. The minimum Gasteiger partial charge on any atom is -0.490 e.